The van der Waals surface area contributed by atoms with Crippen molar-refractivity contribution in [1.82, 2.24) is 5.32 Å². The van der Waals surface area contributed by atoms with E-state index < -0.39 is 0 Å². The van der Waals surface area contributed by atoms with Gasteiger partial charge >= 0.3 is 0 Å². The third-order valence-corrected chi connectivity index (χ3v) is 3.30. The van der Waals surface area contributed by atoms with Gasteiger partial charge in [0.2, 0.25) is 5.91 Å². The zero-order valence-corrected chi connectivity index (χ0v) is 9.03. The Bertz CT molecular complexity index is 430. The van der Waals surface area contributed by atoms with Gasteiger partial charge in [0.1, 0.15) is 11.5 Å². The molecule has 2 heterocycles. The summed E-state index contributed by atoms with van der Waals surface area (Å²) in [6, 6.07) is 5.64. The molecule has 1 N–H and O–H groups in total. The summed E-state index contributed by atoms with van der Waals surface area (Å²) in [7, 11) is 1.62. The fourth-order valence-corrected chi connectivity index (χ4v) is 2.53. The number of nitrogens with one attached hydrogen (secondary N) is 1. The first kappa shape index (κ1) is 9.51. The van der Waals surface area contributed by atoms with Crippen LogP contribution in [0.1, 0.15) is 11.5 Å². The van der Waals surface area contributed by atoms with Gasteiger partial charge in [0.15, 0.2) is 0 Å². The second-order valence-electron chi connectivity index (χ2n) is 4.17. The van der Waals surface area contributed by atoms with Crippen LogP contribution in [-0.2, 0) is 4.79 Å². The quantitative estimate of drug-likeness (QED) is 0.764. The van der Waals surface area contributed by atoms with E-state index in [9.17, 15) is 4.79 Å². The summed E-state index contributed by atoms with van der Waals surface area (Å²) < 4.78 is 11.0. The molecular weight excluding hydrogens is 206 g/mol. The molecule has 0 aliphatic carbocycles. The number of ether oxygens (including phenoxy) is 2. The number of benzene rings is 1. The summed E-state index contributed by atoms with van der Waals surface area (Å²) in [5, 5.41) is 2.88. The van der Waals surface area contributed by atoms with E-state index >= 15 is 0 Å². The maximum Gasteiger partial charge on any atom is 0.228 e. The minimum atomic E-state index is -0.111. The van der Waals surface area contributed by atoms with E-state index in [1.165, 1.54) is 0 Å². The Morgan fingerprint density at radius 2 is 2.38 bits per heavy atom. The topological polar surface area (TPSA) is 47.6 Å². The number of carbonyl (C=O) groups is 1. The van der Waals surface area contributed by atoms with Crippen LogP contribution >= 0.6 is 0 Å². The molecule has 1 saturated heterocycles. The lowest BCUT2D eigenvalue weighted by Crippen LogP contribution is -2.26. The van der Waals surface area contributed by atoms with E-state index in [0.29, 0.717) is 13.2 Å². The minimum absolute atomic E-state index is 0.0825. The van der Waals surface area contributed by atoms with Gasteiger partial charge in [-0.15, -0.1) is 0 Å². The molecule has 0 spiro atoms. The van der Waals surface area contributed by atoms with Crippen LogP contribution in [0.25, 0.3) is 0 Å². The third-order valence-electron chi connectivity index (χ3n) is 3.30. The van der Waals surface area contributed by atoms with Crippen molar-refractivity contribution in [3.05, 3.63) is 23.8 Å². The van der Waals surface area contributed by atoms with E-state index in [0.717, 1.165) is 17.1 Å². The lowest BCUT2D eigenvalue weighted by atomic mass is 9.86. The number of hydrogen-bond acceptors (Lipinski definition) is 3. The lowest BCUT2D eigenvalue weighted by Gasteiger charge is -2.27. The molecule has 2 atom stereocenters. The van der Waals surface area contributed by atoms with Crippen LogP contribution in [0.4, 0.5) is 0 Å². The fourth-order valence-electron chi connectivity index (χ4n) is 2.53. The highest BCUT2D eigenvalue weighted by Crippen LogP contribution is 2.44. The number of amides is 1. The van der Waals surface area contributed by atoms with Gasteiger partial charge in [0.25, 0.3) is 0 Å². The molecule has 1 amide bonds. The van der Waals surface area contributed by atoms with Crippen LogP contribution in [0.5, 0.6) is 11.5 Å². The van der Waals surface area contributed by atoms with Gasteiger partial charge in [-0.05, 0) is 12.1 Å². The van der Waals surface area contributed by atoms with E-state index in [2.05, 4.69) is 5.32 Å². The summed E-state index contributed by atoms with van der Waals surface area (Å²) in [6.07, 6.45) is 0. The Hall–Kier alpha value is -1.71. The highest BCUT2D eigenvalue weighted by molar-refractivity contribution is 5.88. The van der Waals surface area contributed by atoms with Crippen LogP contribution in [0.3, 0.4) is 0 Å². The highest BCUT2D eigenvalue weighted by atomic mass is 16.5. The van der Waals surface area contributed by atoms with Gasteiger partial charge in [-0.2, -0.15) is 0 Å². The summed E-state index contributed by atoms with van der Waals surface area (Å²) >= 11 is 0. The largest absolute Gasteiger partial charge is 0.496 e. The van der Waals surface area contributed by atoms with E-state index in [1.807, 2.05) is 18.2 Å². The summed E-state index contributed by atoms with van der Waals surface area (Å²) in [6.45, 7) is 1.30. The first-order valence-electron chi connectivity index (χ1n) is 5.38. The van der Waals surface area contributed by atoms with Crippen LogP contribution in [0.15, 0.2) is 18.2 Å². The fraction of sp³-hybridized carbons (Fsp3) is 0.417. The Morgan fingerprint density at radius 3 is 3.19 bits per heavy atom. The molecule has 0 radical (unpaired) electrons. The molecule has 0 saturated carbocycles. The Labute approximate surface area is 93.5 Å². The van der Waals surface area contributed by atoms with Crippen molar-refractivity contribution in [3.8, 4) is 11.5 Å². The van der Waals surface area contributed by atoms with Crippen molar-refractivity contribution in [2.75, 3.05) is 20.3 Å². The molecule has 1 aromatic carbocycles. The summed E-state index contributed by atoms with van der Waals surface area (Å²) in [5.41, 5.74) is 0.899. The molecule has 0 bridgehead atoms. The average Bonchev–Trinajstić information content (AvgIpc) is 2.70. The molecule has 3 rings (SSSR count). The van der Waals surface area contributed by atoms with Crippen molar-refractivity contribution in [2.24, 2.45) is 5.92 Å². The molecule has 2 aliphatic heterocycles. The number of hydrogen-bond donors (Lipinski definition) is 1. The number of fused-ring (bicyclic) bond motifs is 3. The highest BCUT2D eigenvalue weighted by Gasteiger charge is 2.42. The smallest absolute Gasteiger partial charge is 0.228 e. The number of methoxy groups -OCH3 is 1. The third kappa shape index (κ3) is 1.19. The second kappa shape index (κ2) is 3.40. The molecule has 16 heavy (non-hydrogen) atoms. The van der Waals surface area contributed by atoms with Crippen molar-refractivity contribution >= 4 is 5.91 Å². The Kier molecular flexibility index (Phi) is 2.02. The van der Waals surface area contributed by atoms with Crippen molar-refractivity contribution in [1.29, 1.82) is 0 Å². The van der Waals surface area contributed by atoms with E-state index in [1.54, 1.807) is 7.11 Å². The number of rotatable bonds is 1. The van der Waals surface area contributed by atoms with Crippen LogP contribution < -0.4 is 14.8 Å². The van der Waals surface area contributed by atoms with Gasteiger partial charge in [-0.25, -0.2) is 0 Å². The minimum Gasteiger partial charge on any atom is -0.496 e. The van der Waals surface area contributed by atoms with Crippen LogP contribution in [0.2, 0.25) is 0 Å². The summed E-state index contributed by atoms with van der Waals surface area (Å²) in [4.78, 5) is 11.8. The maximum atomic E-state index is 11.8. The van der Waals surface area contributed by atoms with Crippen molar-refractivity contribution in [2.45, 2.75) is 5.92 Å². The maximum absolute atomic E-state index is 11.8. The van der Waals surface area contributed by atoms with E-state index in [-0.39, 0.29) is 17.7 Å². The molecule has 1 fully saturated rings. The van der Waals surface area contributed by atoms with Gasteiger partial charge < -0.3 is 14.8 Å². The molecule has 0 aromatic heterocycles. The zero-order chi connectivity index (χ0) is 11.1. The molecule has 4 nitrogen and oxygen atoms in total. The average molecular weight is 219 g/mol. The first-order chi connectivity index (χ1) is 7.81. The predicted octanol–water partition coefficient (Wildman–Crippen LogP) is 0.917. The SMILES string of the molecule is COc1cccc2c1C1C(=O)NCC1CO2. The van der Waals surface area contributed by atoms with Gasteiger partial charge in [-0.3, -0.25) is 4.79 Å². The second-order valence-corrected chi connectivity index (χ2v) is 4.17. The van der Waals surface area contributed by atoms with E-state index in [4.69, 9.17) is 9.47 Å². The monoisotopic (exact) mass is 219 g/mol. The first-order valence-corrected chi connectivity index (χ1v) is 5.38. The molecule has 1 aromatic rings. The predicted molar refractivity (Wildman–Crippen MR) is 57.7 cm³/mol. The van der Waals surface area contributed by atoms with Crippen molar-refractivity contribution in [3.63, 3.8) is 0 Å². The molecule has 84 valence electrons. The Balaban J connectivity index is 2.15. The van der Waals surface area contributed by atoms with Crippen molar-refractivity contribution < 1.29 is 14.3 Å². The molecule has 4 heteroatoms. The number of carbonyl (C=O) groups excluding carboxylic acids is 1. The van der Waals surface area contributed by atoms with Gasteiger partial charge in [0.05, 0.1) is 19.6 Å². The Morgan fingerprint density at radius 1 is 1.50 bits per heavy atom. The standard InChI is InChI=1S/C12H13NO3/c1-15-8-3-2-4-9-11(8)10-7(6-16-9)5-13-12(10)14/h2-4,7,10H,5-6H2,1H3,(H,13,14). The van der Waals surface area contributed by atoms with Gasteiger partial charge in [-0.1, -0.05) is 6.07 Å². The molecule has 2 aliphatic rings. The van der Waals surface area contributed by atoms with Crippen LogP contribution in [-0.4, -0.2) is 26.2 Å². The van der Waals surface area contributed by atoms with Gasteiger partial charge in [0, 0.05) is 18.0 Å². The molecule has 2 unspecified atom stereocenters. The van der Waals surface area contributed by atoms with Crippen LogP contribution in [0, 0.1) is 5.92 Å². The normalized spacial score (nSPS) is 26.4. The zero-order valence-electron chi connectivity index (χ0n) is 9.03. The molecular formula is C12H13NO3. The lowest BCUT2D eigenvalue weighted by molar-refractivity contribution is -0.121. The summed E-state index contributed by atoms with van der Waals surface area (Å²) in [5.74, 6) is 1.72.